The minimum absolute atomic E-state index is 0.118. The van der Waals surface area contributed by atoms with Crippen molar-refractivity contribution >= 4 is 0 Å². The van der Waals surface area contributed by atoms with Crippen LogP contribution in [0.15, 0.2) is 18.2 Å². The van der Waals surface area contributed by atoms with Gasteiger partial charge in [0.1, 0.15) is 5.82 Å². The standard InChI is InChI=1S/C16H26FN3/c1-4-14-11-20(8-7-19(14)3)16(10-18)13-6-5-12(2)15(17)9-13/h5-6,9,14,16H,4,7-8,10-11,18H2,1-3H3. The van der Waals surface area contributed by atoms with E-state index in [2.05, 4.69) is 23.8 Å². The summed E-state index contributed by atoms with van der Waals surface area (Å²) < 4.78 is 13.8. The van der Waals surface area contributed by atoms with Gasteiger partial charge < -0.3 is 10.6 Å². The zero-order chi connectivity index (χ0) is 14.7. The van der Waals surface area contributed by atoms with Gasteiger partial charge in [0.05, 0.1) is 0 Å². The third kappa shape index (κ3) is 3.19. The van der Waals surface area contributed by atoms with Crippen LogP contribution in [0.4, 0.5) is 4.39 Å². The molecule has 2 rings (SSSR count). The highest BCUT2D eigenvalue weighted by Gasteiger charge is 2.28. The van der Waals surface area contributed by atoms with Gasteiger partial charge in [0, 0.05) is 38.3 Å². The molecule has 1 heterocycles. The molecule has 0 bridgehead atoms. The first-order valence-corrected chi connectivity index (χ1v) is 7.47. The smallest absolute Gasteiger partial charge is 0.126 e. The number of aryl methyl sites for hydroxylation is 1. The molecule has 0 amide bonds. The fourth-order valence-corrected chi connectivity index (χ4v) is 3.01. The van der Waals surface area contributed by atoms with Crippen molar-refractivity contribution in [3.05, 3.63) is 35.1 Å². The van der Waals surface area contributed by atoms with Gasteiger partial charge in [0.2, 0.25) is 0 Å². The first-order chi connectivity index (χ1) is 9.56. The zero-order valence-electron chi connectivity index (χ0n) is 12.8. The van der Waals surface area contributed by atoms with Crippen molar-refractivity contribution in [2.75, 3.05) is 33.2 Å². The predicted octanol–water partition coefficient (Wildman–Crippen LogP) is 2.16. The summed E-state index contributed by atoms with van der Waals surface area (Å²) in [6.45, 7) is 7.58. The first-order valence-electron chi connectivity index (χ1n) is 7.47. The molecule has 1 aromatic carbocycles. The number of nitrogens with two attached hydrogens (primary N) is 1. The molecule has 1 aliphatic rings. The van der Waals surface area contributed by atoms with Gasteiger partial charge in [-0.15, -0.1) is 0 Å². The maximum Gasteiger partial charge on any atom is 0.126 e. The summed E-state index contributed by atoms with van der Waals surface area (Å²) in [5, 5.41) is 0. The van der Waals surface area contributed by atoms with Crippen molar-refractivity contribution in [1.29, 1.82) is 0 Å². The van der Waals surface area contributed by atoms with Crippen LogP contribution in [0, 0.1) is 12.7 Å². The lowest BCUT2D eigenvalue weighted by Crippen LogP contribution is -2.53. The topological polar surface area (TPSA) is 32.5 Å². The fourth-order valence-electron chi connectivity index (χ4n) is 3.01. The Balaban J connectivity index is 2.17. The molecule has 1 aliphatic heterocycles. The monoisotopic (exact) mass is 279 g/mol. The van der Waals surface area contributed by atoms with Crippen LogP contribution in [-0.2, 0) is 0 Å². The number of halogens is 1. The maximum absolute atomic E-state index is 13.8. The molecule has 0 aliphatic carbocycles. The molecule has 0 saturated carbocycles. The summed E-state index contributed by atoms with van der Waals surface area (Å²) >= 11 is 0. The Morgan fingerprint density at radius 1 is 1.40 bits per heavy atom. The first kappa shape index (κ1) is 15.4. The largest absolute Gasteiger partial charge is 0.329 e. The van der Waals surface area contributed by atoms with Crippen LogP contribution < -0.4 is 5.73 Å². The molecular weight excluding hydrogens is 253 g/mol. The minimum atomic E-state index is -0.137. The van der Waals surface area contributed by atoms with Gasteiger partial charge >= 0.3 is 0 Å². The molecule has 20 heavy (non-hydrogen) atoms. The van der Waals surface area contributed by atoms with Crippen molar-refractivity contribution in [2.45, 2.75) is 32.4 Å². The van der Waals surface area contributed by atoms with E-state index in [0.717, 1.165) is 31.6 Å². The second kappa shape index (κ2) is 6.66. The third-order valence-electron chi connectivity index (χ3n) is 4.52. The maximum atomic E-state index is 13.8. The number of likely N-dealkylation sites (N-methyl/N-ethyl adjacent to an activating group) is 1. The van der Waals surface area contributed by atoms with E-state index < -0.39 is 0 Å². The number of hydrogen-bond acceptors (Lipinski definition) is 3. The number of piperazine rings is 1. The van der Waals surface area contributed by atoms with Crippen LogP contribution in [0.5, 0.6) is 0 Å². The summed E-state index contributed by atoms with van der Waals surface area (Å²) in [7, 11) is 2.18. The Kier molecular flexibility index (Phi) is 5.13. The van der Waals surface area contributed by atoms with E-state index in [-0.39, 0.29) is 11.9 Å². The highest BCUT2D eigenvalue weighted by Crippen LogP contribution is 2.25. The van der Waals surface area contributed by atoms with E-state index in [9.17, 15) is 4.39 Å². The number of hydrogen-bond donors (Lipinski definition) is 1. The molecule has 112 valence electrons. The molecule has 2 N–H and O–H groups in total. The van der Waals surface area contributed by atoms with Gasteiger partial charge in [-0.1, -0.05) is 19.1 Å². The van der Waals surface area contributed by atoms with Gasteiger partial charge in [-0.3, -0.25) is 4.90 Å². The zero-order valence-corrected chi connectivity index (χ0v) is 12.8. The average molecular weight is 279 g/mol. The Hall–Kier alpha value is -0.970. The second-order valence-electron chi connectivity index (χ2n) is 5.80. The van der Waals surface area contributed by atoms with Crippen LogP contribution in [0.1, 0.15) is 30.5 Å². The van der Waals surface area contributed by atoms with Crippen molar-refractivity contribution in [2.24, 2.45) is 5.73 Å². The average Bonchev–Trinajstić information content (AvgIpc) is 2.45. The molecular formula is C16H26FN3. The van der Waals surface area contributed by atoms with Gasteiger partial charge in [0.25, 0.3) is 0 Å². The minimum Gasteiger partial charge on any atom is -0.329 e. The number of nitrogens with zero attached hydrogens (tertiary/aromatic N) is 2. The Bertz CT molecular complexity index is 449. The predicted molar refractivity (Wildman–Crippen MR) is 81.2 cm³/mol. The highest BCUT2D eigenvalue weighted by atomic mass is 19.1. The van der Waals surface area contributed by atoms with Crippen LogP contribution in [0.3, 0.4) is 0 Å². The molecule has 0 aromatic heterocycles. The van der Waals surface area contributed by atoms with Crippen molar-refractivity contribution < 1.29 is 4.39 Å². The second-order valence-corrected chi connectivity index (χ2v) is 5.80. The lowest BCUT2D eigenvalue weighted by atomic mass is 10.0. The quantitative estimate of drug-likeness (QED) is 0.917. The van der Waals surface area contributed by atoms with Crippen molar-refractivity contribution in [3.8, 4) is 0 Å². The van der Waals surface area contributed by atoms with Crippen LogP contribution in [0.2, 0.25) is 0 Å². The summed E-state index contributed by atoms with van der Waals surface area (Å²) in [6, 6.07) is 6.18. The van der Waals surface area contributed by atoms with Crippen LogP contribution in [0.25, 0.3) is 0 Å². The number of rotatable bonds is 4. The lowest BCUT2D eigenvalue weighted by molar-refractivity contribution is 0.0643. The van der Waals surface area contributed by atoms with E-state index in [1.807, 2.05) is 12.1 Å². The van der Waals surface area contributed by atoms with Gasteiger partial charge in [-0.25, -0.2) is 4.39 Å². The summed E-state index contributed by atoms with van der Waals surface area (Å²) in [4.78, 5) is 4.80. The van der Waals surface area contributed by atoms with E-state index in [0.29, 0.717) is 18.2 Å². The van der Waals surface area contributed by atoms with Gasteiger partial charge in [-0.2, -0.15) is 0 Å². The van der Waals surface area contributed by atoms with Crippen LogP contribution in [-0.4, -0.2) is 49.1 Å². The Morgan fingerprint density at radius 2 is 2.15 bits per heavy atom. The van der Waals surface area contributed by atoms with Gasteiger partial charge in [-0.05, 0) is 37.6 Å². The normalized spacial score (nSPS) is 22.9. The number of benzene rings is 1. The molecule has 3 nitrogen and oxygen atoms in total. The molecule has 2 atom stereocenters. The Labute approximate surface area is 121 Å². The van der Waals surface area contributed by atoms with E-state index in [4.69, 9.17) is 5.73 Å². The molecule has 2 unspecified atom stereocenters. The molecule has 0 spiro atoms. The molecule has 1 fully saturated rings. The summed E-state index contributed by atoms with van der Waals surface area (Å²) in [5.74, 6) is -0.137. The summed E-state index contributed by atoms with van der Waals surface area (Å²) in [5.41, 5.74) is 7.65. The molecule has 4 heteroatoms. The summed E-state index contributed by atoms with van der Waals surface area (Å²) in [6.07, 6.45) is 1.13. The SMILES string of the molecule is CCC1CN(C(CN)c2ccc(C)c(F)c2)CCN1C. The third-order valence-corrected chi connectivity index (χ3v) is 4.52. The molecule has 0 radical (unpaired) electrons. The van der Waals surface area contributed by atoms with Gasteiger partial charge in [0.15, 0.2) is 0 Å². The lowest BCUT2D eigenvalue weighted by Gasteiger charge is -2.42. The van der Waals surface area contributed by atoms with E-state index in [1.54, 1.807) is 13.0 Å². The van der Waals surface area contributed by atoms with Crippen molar-refractivity contribution in [1.82, 2.24) is 9.80 Å². The Morgan fingerprint density at radius 3 is 2.75 bits per heavy atom. The molecule has 1 saturated heterocycles. The molecule has 1 aromatic rings. The van der Waals surface area contributed by atoms with E-state index in [1.165, 1.54) is 0 Å². The fraction of sp³-hybridized carbons (Fsp3) is 0.625. The van der Waals surface area contributed by atoms with E-state index >= 15 is 0 Å². The van der Waals surface area contributed by atoms with Crippen LogP contribution >= 0.6 is 0 Å². The van der Waals surface area contributed by atoms with Crippen molar-refractivity contribution in [3.63, 3.8) is 0 Å². The highest BCUT2D eigenvalue weighted by molar-refractivity contribution is 5.26.